The fourth-order valence-corrected chi connectivity index (χ4v) is 4.66. The first-order chi connectivity index (χ1) is 14.0. The van der Waals surface area contributed by atoms with E-state index < -0.39 is 22.0 Å². The Morgan fingerprint density at radius 2 is 1.90 bits per heavy atom. The van der Waals surface area contributed by atoms with E-state index in [-0.39, 0.29) is 27.5 Å². The number of ether oxygens (including phenoxy) is 2. The molecular weight excluding hydrogens is 426 g/mol. The van der Waals surface area contributed by atoms with Gasteiger partial charge in [-0.05, 0) is 53.1 Å². The van der Waals surface area contributed by atoms with Crippen molar-refractivity contribution in [3.05, 3.63) is 51.7 Å². The van der Waals surface area contributed by atoms with Crippen LogP contribution in [0, 0.1) is 0 Å². The van der Waals surface area contributed by atoms with Gasteiger partial charge in [0.25, 0.3) is 10.0 Å². The number of sulfonamides is 1. The monoisotopic (exact) mass is 451 g/mol. The van der Waals surface area contributed by atoms with E-state index in [2.05, 4.69) is 4.72 Å². The molecule has 7 nitrogen and oxygen atoms in total. The number of rotatable bonds is 7. The highest BCUT2D eigenvalue weighted by molar-refractivity contribution is 7.92. The summed E-state index contributed by atoms with van der Waals surface area (Å²) in [6.45, 7) is 7.91. The predicted molar refractivity (Wildman–Crippen MR) is 117 cm³/mol. The Morgan fingerprint density at radius 1 is 1.20 bits per heavy atom. The molecule has 0 radical (unpaired) electrons. The Hall–Kier alpha value is -2.65. The zero-order chi connectivity index (χ0) is 22.5. The molecule has 1 aromatic carbocycles. The standard InChI is InChI=1S/C21H25NO6S2/c1-6-28-18(23)10-7-14-13-15(21(2,3)4)8-9-17(14)30(25,26)22-16-11-12-29-19(16)20(24)27-5/h7-13,22H,6H2,1-5H3. The van der Waals surface area contributed by atoms with Gasteiger partial charge in [-0.3, -0.25) is 4.72 Å². The van der Waals surface area contributed by atoms with E-state index in [1.807, 2.05) is 20.8 Å². The summed E-state index contributed by atoms with van der Waals surface area (Å²) < 4.78 is 38.2. The first-order valence-electron chi connectivity index (χ1n) is 9.17. The Balaban J connectivity index is 2.51. The topological polar surface area (TPSA) is 98.8 Å². The van der Waals surface area contributed by atoms with Crippen LogP contribution in [0.5, 0.6) is 0 Å². The minimum Gasteiger partial charge on any atom is -0.465 e. The molecule has 9 heteroatoms. The van der Waals surface area contributed by atoms with Crippen molar-refractivity contribution in [3.63, 3.8) is 0 Å². The van der Waals surface area contributed by atoms with E-state index >= 15 is 0 Å². The molecular formula is C21H25NO6S2. The molecule has 0 saturated heterocycles. The molecule has 0 aliphatic rings. The van der Waals surface area contributed by atoms with E-state index in [9.17, 15) is 18.0 Å². The maximum atomic E-state index is 13.1. The summed E-state index contributed by atoms with van der Waals surface area (Å²) in [6.07, 6.45) is 2.60. The smallest absolute Gasteiger partial charge is 0.350 e. The normalized spacial score (nSPS) is 12.0. The molecule has 2 rings (SSSR count). The Bertz CT molecular complexity index is 1060. The van der Waals surface area contributed by atoms with Crippen molar-refractivity contribution in [3.8, 4) is 0 Å². The molecule has 2 aromatic rings. The molecule has 0 atom stereocenters. The average Bonchev–Trinajstić information content (AvgIpc) is 3.12. The fourth-order valence-electron chi connectivity index (χ4n) is 2.58. The quantitative estimate of drug-likeness (QED) is 0.500. The van der Waals surface area contributed by atoms with Gasteiger partial charge >= 0.3 is 11.9 Å². The van der Waals surface area contributed by atoms with Crippen LogP contribution in [0.1, 0.15) is 48.5 Å². The number of carbonyl (C=O) groups excluding carboxylic acids is 2. The van der Waals surface area contributed by atoms with Crippen LogP contribution in [0.15, 0.2) is 40.6 Å². The molecule has 162 valence electrons. The van der Waals surface area contributed by atoms with Crippen LogP contribution in [0.2, 0.25) is 0 Å². The lowest BCUT2D eigenvalue weighted by Gasteiger charge is -2.21. The predicted octanol–water partition coefficient (Wildman–Crippen LogP) is 4.21. The lowest BCUT2D eigenvalue weighted by atomic mass is 9.86. The number of hydrogen-bond acceptors (Lipinski definition) is 7. The lowest BCUT2D eigenvalue weighted by Crippen LogP contribution is -2.17. The van der Waals surface area contributed by atoms with Crippen LogP contribution < -0.4 is 4.72 Å². The fraction of sp³-hybridized carbons (Fsp3) is 0.333. The number of esters is 2. The van der Waals surface area contributed by atoms with E-state index in [1.165, 1.54) is 31.4 Å². The third-order valence-corrected chi connectivity index (χ3v) is 6.47. The maximum Gasteiger partial charge on any atom is 0.350 e. The lowest BCUT2D eigenvalue weighted by molar-refractivity contribution is -0.137. The van der Waals surface area contributed by atoms with Gasteiger partial charge in [-0.1, -0.05) is 26.8 Å². The van der Waals surface area contributed by atoms with Crippen molar-refractivity contribution in [1.82, 2.24) is 0 Å². The van der Waals surface area contributed by atoms with Crippen LogP contribution in [-0.2, 0) is 29.7 Å². The molecule has 30 heavy (non-hydrogen) atoms. The molecule has 0 aliphatic heterocycles. The Labute approximate surface area is 180 Å². The molecule has 0 unspecified atom stereocenters. The molecule has 1 aromatic heterocycles. The molecule has 1 heterocycles. The number of carbonyl (C=O) groups is 2. The third-order valence-electron chi connectivity index (χ3n) is 4.13. The van der Waals surface area contributed by atoms with Crippen molar-refractivity contribution < 1.29 is 27.5 Å². The molecule has 0 saturated carbocycles. The molecule has 0 fully saturated rings. The summed E-state index contributed by atoms with van der Waals surface area (Å²) in [7, 11) is -2.83. The number of thiophene rings is 1. The summed E-state index contributed by atoms with van der Waals surface area (Å²) >= 11 is 1.07. The van der Waals surface area contributed by atoms with E-state index in [4.69, 9.17) is 9.47 Å². The molecule has 1 N–H and O–H groups in total. The van der Waals surface area contributed by atoms with Crippen molar-refractivity contribution in [2.45, 2.75) is 38.0 Å². The first-order valence-corrected chi connectivity index (χ1v) is 11.5. The van der Waals surface area contributed by atoms with Crippen molar-refractivity contribution in [2.24, 2.45) is 0 Å². The summed E-state index contributed by atoms with van der Waals surface area (Å²) in [5.41, 5.74) is 1.13. The van der Waals surface area contributed by atoms with Gasteiger partial charge in [0.15, 0.2) is 0 Å². The van der Waals surface area contributed by atoms with Gasteiger partial charge in [0, 0.05) is 6.08 Å². The van der Waals surface area contributed by atoms with Crippen LogP contribution >= 0.6 is 11.3 Å². The van der Waals surface area contributed by atoms with Gasteiger partial charge in [-0.15, -0.1) is 11.3 Å². The second-order valence-electron chi connectivity index (χ2n) is 7.35. The van der Waals surface area contributed by atoms with Gasteiger partial charge in [0.2, 0.25) is 0 Å². The van der Waals surface area contributed by atoms with Crippen molar-refractivity contribution >= 4 is 45.1 Å². The van der Waals surface area contributed by atoms with Gasteiger partial charge in [0.1, 0.15) is 4.88 Å². The second kappa shape index (κ2) is 9.44. The highest BCUT2D eigenvalue weighted by Crippen LogP contribution is 2.30. The zero-order valence-electron chi connectivity index (χ0n) is 17.5. The molecule has 0 amide bonds. The summed E-state index contributed by atoms with van der Waals surface area (Å²) in [5.74, 6) is -1.20. The number of methoxy groups -OCH3 is 1. The third kappa shape index (κ3) is 5.70. The largest absolute Gasteiger partial charge is 0.465 e. The van der Waals surface area contributed by atoms with E-state index in [0.717, 1.165) is 16.9 Å². The highest BCUT2D eigenvalue weighted by atomic mass is 32.2. The molecule has 0 spiro atoms. The number of anilines is 1. The zero-order valence-corrected chi connectivity index (χ0v) is 19.1. The SMILES string of the molecule is CCOC(=O)C=Cc1cc(C(C)(C)C)ccc1S(=O)(=O)Nc1ccsc1C(=O)OC. The number of nitrogens with one attached hydrogen (secondary N) is 1. The van der Waals surface area contributed by atoms with Gasteiger partial charge in [-0.25, -0.2) is 18.0 Å². The van der Waals surface area contributed by atoms with Crippen LogP contribution in [0.25, 0.3) is 6.08 Å². The first kappa shape index (κ1) is 23.6. The highest BCUT2D eigenvalue weighted by Gasteiger charge is 2.24. The van der Waals surface area contributed by atoms with Gasteiger partial charge < -0.3 is 9.47 Å². The van der Waals surface area contributed by atoms with Crippen LogP contribution in [0.4, 0.5) is 5.69 Å². The number of hydrogen-bond donors (Lipinski definition) is 1. The minimum absolute atomic E-state index is 0.0296. The van der Waals surface area contributed by atoms with Crippen LogP contribution in [0.3, 0.4) is 0 Å². The second-order valence-corrected chi connectivity index (χ2v) is 9.92. The summed E-state index contributed by atoms with van der Waals surface area (Å²) in [4.78, 5) is 23.7. The molecule has 0 bridgehead atoms. The van der Waals surface area contributed by atoms with Gasteiger partial charge in [-0.2, -0.15) is 0 Å². The van der Waals surface area contributed by atoms with E-state index in [1.54, 1.807) is 24.4 Å². The van der Waals surface area contributed by atoms with Gasteiger partial charge in [0.05, 0.1) is 24.3 Å². The average molecular weight is 452 g/mol. The summed E-state index contributed by atoms with van der Waals surface area (Å²) in [6, 6.07) is 6.42. The van der Waals surface area contributed by atoms with Crippen LogP contribution in [-0.4, -0.2) is 34.1 Å². The maximum absolute atomic E-state index is 13.1. The Kier molecular flexibility index (Phi) is 7.44. The van der Waals surface area contributed by atoms with Crippen molar-refractivity contribution in [2.75, 3.05) is 18.4 Å². The Morgan fingerprint density at radius 3 is 2.50 bits per heavy atom. The van der Waals surface area contributed by atoms with Crippen molar-refractivity contribution in [1.29, 1.82) is 0 Å². The van der Waals surface area contributed by atoms with E-state index in [0.29, 0.717) is 5.56 Å². The summed E-state index contributed by atoms with van der Waals surface area (Å²) in [5, 5.41) is 1.59. The minimum atomic E-state index is -4.06. The molecule has 0 aliphatic carbocycles. The number of benzene rings is 1.